The smallest absolute Gasteiger partial charge is 0.192 e. The van der Waals surface area contributed by atoms with E-state index in [2.05, 4.69) is 22.8 Å². The summed E-state index contributed by atoms with van der Waals surface area (Å²) in [5, 5.41) is 9.62. The average molecular weight is 398 g/mol. The van der Waals surface area contributed by atoms with Crippen molar-refractivity contribution in [2.75, 3.05) is 21.3 Å². The summed E-state index contributed by atoms with van der Waals surface area (Å²) in [5.41, 5.74) is 2.06. The topological polar surface area (TPSA) is 58.4 Å². The molecular weight excluding hydrogens is 374 g/mol. The van der Waals surface area contributed by atoms with Gasteiger partial charge in [-0.05, 0) is 35.9 Å². The van der Waals surface area contributed by atoms with Gasteiger partial charge in [-0.15, -0.1) is 16.8 Å². The first-order chi connectivity index (χ1) is 13.7. The second kappa shape index (κ2) is 9.32. The minimum Gasteiger partial charge on any atom is -0.497 e. The fraction of sp³-hybridized carbons (Fsp3) is 0.238. The van der Waals surface area contributed by atoms with Gasteiger partial charge in [0.15, 0.2) is 22.5 Å². The number of benzene rings is 2. The molecule has 6 nitrogen and oxygen atoms in total. The van der Waals surface area contributed by atoms with Gasteiger partial charge in [0.05, 0.1) is 21.3 Å². The van der Waals surface area contributed by atoms with Crippen LogP contribution in [0.5, 0.6) is 17.2 Å². The lowest BCUT2D eigenvalue weighted by molar-refractivity contribution is 0.355. The van der Waals surface area contributed by atoms with Crippen molar-refractivity contribution in [2.45, 2.75) is 17.5 Å². The summed E-state index contributed by atoms with van der Waals surface area (Å²) in [7, 11) is 4.90. The predicted molar refractivity (Wildman–Crippen MR) is 111 cm³/mol. The second-order valence-electron chi connectivity index (χ2n) is 5.92. The Labute approximate surface area is 169 Å². The van der Waals surface area contributed by atoms with Crippen LogP contribution in [0.2, 0.25) is 0 Å². The molecule has 7 heteroatoms. The highest BCUT2D eigenvalue weighted by Gasteiger charge is 2.16. The van der Waals surface area contributed by atoms with E-state index < -0.39 is 0 Å². The first-order valence-electron chi connectivity index (χ1n) is 8.72. The van der Waals surface area contributed by atoms with Crippen LogP contribution in [0.1, 0.15) is 5.56 Å². The van der Waals surface area contributed by atoms with Gasteiger partial charge in [0.1, 0.15) is 5.75 Å². The van der Waals surface area contributed by atoms with Crippen LogP contribution in [0.15, 0.2) is 60.3 Å². The van der Waals surface area contributed by atoms with E-state index in [1.807, 2.05) is 47.0 Å². The summed E-state index contributed by atoms with van der Waals surface area (Å²) in [6, 6.07) is 13.7. The normalized spacial score (nSPS) is 10.5. The Morgan fingerprint density at radius 3 is 2.54 bits per heavy atom. The summed E-state index contributed by atoms with van der Waals surface area (Å²) in [4.78, 5) is 0. The Morgan fingerprint density at radius 1 is 1.00 bits per heavy atom. The number of thioether (sulfide) groups is 1. The van der Waals surface area contributed by atoms with Crippen LogP contribution in [0.3, 0.4) is 0 Å². The molecule has 0 unspecified atom stereocenters. The molecule has 1 aromatic heterocycles. The molecule has 0 saturated carbocycles. The third-order valence-electron chi connectivity index (χ3n) is 4.17. The molecule has 0 N–H and O–H groups in total. The van der Waals surface area contributed by atoms with Gasteiger partial charge in [0, 0.05) is 17.9 Å². The monoisotopic (exact) mass is 397 g/mol. The molecule has 3 rings (SSSR count). The highest BCUT2D eigenvalue weighted by molar-refractivity contribution is 7.98. The Bertz CT molecular complexity index is 956. The summed E-state index contributed by atoms with van der Waals surface area (Å²) in [5.74, 6) is 3.69. The average Bonchev–Trinajstić information content (AvgIpc) is 3.14. The van der Waals surface area contributed by atoms with E-state index >= 15 is 0 Å². The number of nitrogens with zero attached hydrogens (tertiary/aromatic N) is 3. The van der Waals surface area contributed by atoms with Gasteiger partial charge in [0.25, 0.3) is 0 Å². The fourth-order valence-electron chi connectivity index (χ4n) is 2.79. The van der Waals surface area contributed by atoms with Crippen molar-refractivity contribution >= 4 is 11.8 Å². The molecule has 0 spiro atoms. The summed E-state index contributed by atoms with van der Waals surface area (Å²) in [6.07, 6.45) is 1.84. The van der Waals surface area contributed by atoms with Crippen molar-refractivity contribution in [1.82, 2.24) is 14.8 Å². The Hall–Kier alpha value is -2.93. The number of allylic oxidation sites excluding steroid dienone is 1. The molecule has 2 aromatic carbocycles. The van der Waals surface area contributed by atoms with Crippen molar-refractivity contribution < 1.29 is 14.2 Å². The molecule has 0 radical (unpaired) electrons. The standard InChI is InChI=1S/C21H23N3O3S/c1-5-11-24-20(16-9-10-18(26-3)19(13-16)27-4)22-23-21(24)28-14-15-7-6-8-17(12-15)25-2/h5-10,12-13H,1,11,14H2,2-4H3. The van der Waals surface area contributed by atoms with E-state index in [4.69, 9.17) is 14.2 Å². The molecule has 0 aliphatic carbocycles. The highest BCUT2D eigenvalue weighted by atomic mass is 32.2. The first kappa shape index (κ1) is 19.8. The summed E-state index contributed by atoms with van der Waals surface area (Å²) in [6.45, 7) is 4.47. The molecule has 28 heavy (non-hydrogen) atoms. The molecular formula is C21H23N3O3S. The van der Waals surface area contributed by atoms with E-state index in [0.29, 0.717) is 18.0 Å². The van der Waals surface area contributed by atoms with Crippen molar-refractivity contribution in [2.24, 2.45) is 0 Å². The molecule has 3 aromatic rings. The third-order valence-corrected chi connectivity index (χ3v) is 5.21. The number of ether oxygens (including phenoxy) is 3. The van der Waals surface area contributed by atoms with E-state index in [1.54, 1.807) is 33.1 Å². The van der Waals surface area contributed by atoms with Gasteiger partial charge in [-0.3, -0.25) is 4.57 Å². The minimum atomic E-state index is 0.608. The molecule has 0 bridgehead atoms. The van der Waals surface area contributed by atoms with E-state index in [-0.39, 0.29) is 0 Å². The molecule has 0 amide bonds. The van der Waals surface area contributed by atoms with Crippen molar-refractivity contribution in [3.05, 3.63) is 60.7 Å². The molecule has 0 aliphatic heterocycles. The quantitative estimate of drug-likeness (QED) is 0.393. The van der Waals surface area contributed by atoms with Crippen LogP contribution in [0, 0.1) is 0 Å². The largest absolute Gasteiger partial charge is 0.497 e. The zero-order chi connectivity index (χ0) is 19.9. The number of aromatic nitrogens is 3. The van der Waals surface area contributed by atoms with Crippen LogP contribution in [-0.2, 0) is 12.3 Å². The van der Waals surface area contributed by atoms with Crippen molar-refractivity contribution in [3.63, 3.8) is 0 Å². The second-order valence-corrected chi connectivity index (χ2v) is 6.86. The van der Waals surface area contributed by atoms with Gasteiger partial charge in [0.2, 0.25) is 0 Å². The molecule has 0 atom stereocenters. The Kier molecular flexibility index (Phi) is 6.60. The number of methoxy groups -OCH3 is 3. The van der Waals surface area contributed by atoms with E-state index in [0.717, 1.165) is 33.6 Å². The van der Waals surface area contributed by atoms with Crippen LogP contribution < -0.4 is 14.2 Å². The zero-order valence-electron chi connectivity index (χ0n) is 16.2. The molecule has 1 heterocycles. The number of hydrogen-bond acceptors (Lipinski definition) is 6. The van der Waals surface area contributed by atoms with Crippen LogP contribution in [0.4, 0.5) is 0 Å². The van der Waals surface area contributed by atoms with Crippen LogP contribution in [-0.4, -0.2) is 36.1 Å². The van der Waals surface area contributed by atoms with Gasteiger partial charge in [-0.2, -0.15) is 0 Å². The Balaban J connectivity index is 1.88. The summed E-state index contributed by atoms with van der Waals surface area (Å²) < 4.78 is 18.1. The number of hydrogen-bond donors (Lipinski definition) is 0. The SMILES string of the molecule is C=CCn1c(SCc2cccc(OC)c2)nnc1-c1ccc(OC)c(OC)c1. The minimum absolute atomic E-state index is 0.608. The molecule has 146 valence electrons. The van der Waals surface area contributed by atoms with Gasteiger partial charge in [-0.25, -0.2) is 0 Å². The van der Waals surface area contributed by atoms with Crippen LogP contribution >= 0.6 is 11.8 Å². The maximum Gasteiger partial charge on any atom is 0.192 e. The maximum atomic E-state index is 5.41. The predicted octanol–water partition coefficient (Wildman–Crippen LogP) is 4.45. The van der Waals surface area contributed by atoms with Gasteiger partial charge in [-0.1, -0.05) is 30.0 Å². The lowest BCUT2D eigenvalue weighted by Crippen LogP contribution is -2.01. The number of rotatable bonds is 9. The highest BCUT2D eigenvalue weighted by Crippen LogP contribution is 2.33. The first-order valence-corrected chi connectivity index (χ1v) is 9.71. The van der Waals surface area contributed by atoms with Gasteiger partial charge < -0.3 is 14.2 Å². The molecule has 0 saturated heterocycles. The maximum absolute atomic E-state index is 5.41. The zero-order valence-corrected chi connectivity index (χ0v) is 17.0. The summed E-state index contributed by atoms with van der Waals surface area (Å²) >= 11 is 1.62. The lowest BCUT2D eigenvalue weighted by atomic mass is 10.2. The fourth-order valence-corrected chi connectivity index (χ4v) is 3.68. The van der Waals surface area contributed by atoms with Crippen molar-refractivity contribution in [1.29, 1.82) is 0 Å². The third kappa shape index (κ3) is 4.31. The Morgan fingerprint density at radius 2 is 1.82 bits per heavy atom. The lowest BCUT2D eigenvalue weighted by Gasteiger charge is -2.11. The van der Waals surface area contributed by atoms with Crippen LogP contribution in [0.25, 0.3) is 11.4 Å². The van der Waals surface area contributed by atoms with E-state index in [9.17, 15) is 0 Å². The van der Waals surface area contributed by atoms with E-state index in [1.165, 1.54) is 0 Å². The van der Waals surface area contributed by atoms with Crippen molar-refractivity contribution in [3.8, 4) is 28.6 Å². The van der Waals surface area contributed by atoms with Gasteiger partial charge >= 0.3 is 0 Å². The molecule has 0 aliphatic rings. The molecule has 0 fully saturated rings.